The van der Waals surface area contributed by atoms with Gasteiger partial charge in [-0.25, -0.2) is 0 Å². The Bertz CT molecular complexity index is 734. The van der Waals surface area contributed by atoms with Crippen molar-refractivity contribution >= 4 is 11.4 Å². The van der Waals surface area contributed by atoms with Gasteiger partial charge in [0.1, 0.15) is 0 Å². The van der Waals surface area contributed by atoms with Crippen molar-refractivity contribution in [3.05, 3.63) is 83.4 Å². The lowest BCUT2D eigenvalue weighted by atomic mass is 10.0. The molecule has 3 aromatic rings. The number of anilines is 2. The molecule has 0 unspecified atom stereocenters. The van der Waals surface area contributed by atoms with Gasteiger partial charge in [-0.3, -0.25) is 0 Å². The summed E-state index contributed by atoms with van der Waals surface area (Å²) in [5, 5.41) is 0. The van der Waals surface area contributed by atoms with Crippen molar-refractivity contribution < 1.29 is 0 Å². The zero-order valence-corrected chi connectivity index (χ0v) is 15.4. The van der Waals surface area contributed by atoms with E-state index in [-0.39, 0.29) is 12.3 Å². The largest absolute Gasteiger partial charge is 0.399 e. The second-order valence-corrected chi connectivity index (χ2v) is 5.80. The Hall–Kier alpha value is -2.82. The summed E-state index contributed by atoms with van der Waals surface area (Å²) < 4.78 is 0. The molecule has 0 aliphatic carbocycles. The zero-order valence-electron chi connectivity index (χ0n) is 15.4. The average Bonchev–Trinajstić information content (AvgIpc) is 2.54. The summed E-state index contributed by atoms with van der Waals surface area (Å²) >= 11 is 0. The summed E-state index contributed by atoms with van der Waals surface area (Å²) in [4.78, 5) is 0. The molecule has 3 rings (SSSR count). The second-order valence-electron chi connectivity index (χ2n) is 5.80. The van der Waals surface area contributed by atoms with Crippen LogP contribution in [-0.2, 0) is 0 Å². The van der Waals surface area contributed by atoms with Gasteiger partial charge in [-0.15, -0.1) is 0 Å². The van der Waals surface area contributed by atoms with Crippen LogP contribution in [0.1, 0.15) is 16.7 Å². The quantitative estimate of drug-likeness (QED) is 0.440. The third-order valence-electron chi connectivity index (χ3n) is 3.81. The lowest BCUT2D eigenvalue weighted by Crippen LogP contribution is -1.91. The van der Waals surface area contributed by atoms with E-state index in [1.54, 1.807) is 0 Å². The lowest BCUT2D eigenvalue weighted by molar-refractivity contribution is 1.44. The summed E-state index contributed by atoms with van der Waals surface area (Å²) in [6.07, 6.45) is 0. The maximum absolute atomic E-state index is 5.80. The van der Waals surface area contributed by atoms with Crippen LogP contribution < -0.4 is 23.8 Å². The van der Waals surface area contributed by atoms with E-state index < -0.39 is 0 Å². The highest BCUT2D eigenvalue weighted by Crippen LogP contribution is 2.25. The Morgan fingerprint density at radius 3 is 1.24 bits per heavy atom. The van der Waals surface area contributed by atoms with Gasteiger partial charge in [0.05, 0.1) is 0 Å². The Labute approximate surface area is 151 Å². The molecule has 0 aliphatic rings. The summed E-state index contributed by atoms with van der Waals surface area (Å²) in [7, 11) is 0. The van der Waals surface area contributed by atoms with Gasteiger partial charge in [-0.1, -0.05) is 48.0 Å². The predicted octanol–water partition coefficient (Wildman–Crippen LogP) is 5.45. The first-order chi connectivity index (χ1) is 11.0. The Kier molecular flexibility index (Phi) is 8.99. The molecule has 0 spiro atoms. The van der Waals surface area contributed by atoms with E-state index in [1.807, 2.05) is 56.3 Å². The van der Waals surface area contributed by atoms with E-state index in [2.05, 4.69) is 31.2 Å². The molecule has 0 fully saturated rings. The number of nitrogen functional groups attached to an aromatic ring is 2. The van der Waals surface area contributed by atoms with Gasteiger partial charge in [-0.05, 0) is 67.3 Å². The van der Waals surface area contributed by atoms with Crippen LogP contribution in [0.5, 0.6) is 0 Å². The summed E-state index contributed by atoms with van der Waals surface area (Å²) in [5.74, 6) is 0. The van der Waals surface area contributed by atoms with Crippen LogP contribution in [0.4, 0.5) is 11.4 Å². The standard InChI is InChI=1S/C14H16N2.C7H8.2H3N/c1-9-7-11(3-5-13(9)15)12-4-6-14(16)10(2)8-12;1-7-5-3-2-4-6-7;;/h3-8H,15-16H2,1-2H3;2-6H,1H3;2*1H3. The van der Waals surface area contributed by atoms with Crippen LogP contribution in [-0.4, -0.2) is 0 Å². The minimum absolute atomic E-state index is 0. The number of rotatable bonds is 1. The summed E-state index contributed by atoms with van der Waals surface area (Å²) in [6, 6.07) is 22.4. The van der Waals surface area contributed by atoms with E-state index in [1.165, 1.54) is 16.7 Å². The van der Waals surface area contributed by atoms with Gasteiger partial charge < -0.3 is 23.8 Å². The second kappa shape index (κ2) is 10.1. The maximum atomic E-state index is 5.80. The van der Waals surface area contributed by atoms with Crippen LogP contribution in [0, 0.1) is 20.8 Å². The van der Waals surface area contributed by atoms with Gasteiger partial charge >= 0.3 is 0 Å². The van der Waals surface area contributed by atoms with E-state index in [9.17, 15) is 0 Å². The molecule has 0 radical (unpaired) electrons. The first-order valence-electron chi connectivity index (χ1n) is 7.71. The first kappa shape index (κ1) is 22.2. The van der Waals surface area contributed by atoms with Gasteiger partial charge in [0.2, 0.25) is 0 Å². The molecule has 0 amide bonds. The molecular weight excluding hydrogens is 308 g/mol. The number of aryl methyl sites for hydroxylation is 3. The average molecular weight is 338 g/mol. The SMILES string of the molecule is Cc1cc(-c2ccc(N)c(C)c2)ccc1N.Cc1ccccc1.N.N. The number of nitrogens with two attached hydrogens (primary N) is 2. The number of benzene rings is 3. The minimum atomic E-state index is 0. The molecule has 0 saturated carbocycles. The molecule has 0 aliphatic heterocycles. The molecule has 4 heteroatoms. The topological polar surface area (TPSA) is 122 Å². The predicted molar refractivity (Wildman–Crippen MR) is 111 cm³/mol. The maximum Gasteiger partial charge on any atom is 0.0344 e. The zero-order chi connectivity index (χ0) is 16.8. The van der Waals surface area contributed by atoms with Crippen molar-refractivity contribution in [1.82, 2.24) is 12.3 Å². The minimum Gasteiger partial charge on any atom is -0.399 e. The number of hydrogen-bond donors (Lipinski definition) is 4. The Balaban J connectivity index is 0.000000547. The fourth-order valence-electron chi connectivity index (χ4n) is 2.24. The van der Waals surface area contributed by atoms with Crippen molar-refractivity contribution in [1.29, 1.82) is 0 Å². The molecule has 4 nitrogen and oxygen atoms in total. The first-order valence-corrected chi connectivity index (χ1v) is 7.71. The van der Waals surface area contributed by atoms with Crippen molar-refractivity contribution in [3.63, 3.8) is 0 Å². The molecule has 25 heavy (non-hydrogen) atoms. The van der Waals surface area contributed by atoms with Crippen LogP contribution in [0.25, 0.3) is 11.1 Å². The highest BCUT2D eigenvalue weighted by Gasteiger charge is 2.01. The van der Waals surface area contributed by atoms with Crippen LogP contribution in [0.2, 0.25) is 0 Å². The van der Waals surface area contributed by atoms with Gasteiger partial charge in [0.15, 0.2) is 0 Å². The third-order valence-corrected chi connectivity index (χ3v) is 3.81. The van der Waals surface area contributed by atoms with Crippen LogP contribution >= 0.6 is 0 Å². The summed E-state index contributed by atoms with van der Waals surface area (Å²) in [6.45, 7) is 6.12. The van der Waals surface area contributed by atoms with Crippen molar-refractivity contribution in [2.45, 2.75) is 20.8 Å². The van der Waals surface area contributed by atoms with E-state index in [0.717, 1.165) is 22.5 Å². The van der Waals surface area contributed by atoms with Crippen molar-refractivity contribution in [3.8, 4) is 11.1 Å². The molecule has 134 valence electrons. The van der Waals surface area contributed by atoms with Crippen LogP contribution in [0.15, 0.2) is 66.7 Å². The molecule has 10 N–H and O–H groups in total. The smallest absolute Gasteiger partial charge is 0.0344 e. The molecule has 0 heterocycles. The highest BCUT2D eigenvalue weighted by atomic mass is 14.6. The summed E-state index contributed by atoms with van der Waals surface area (Å²) in [5.41, 5.74) is 19.1. The van der Waals surface area contributed by atoms with Crippen molar-refractivity contribution in [2.24, 2.45) is 0 Å². The highest BCUT2D eigenvalue weighted by molar-refractivity contribution is 5.70. The van der Waals surface area contributed by atoms with Gasteiger partial charge in [0, 0.05) is 11.4 Å². The molecule has 0 atom stereocenters. The Morgan fingerprint density at radius 2 is 0.960 bits per heavy atom. The lowest BCUT2D eigenvalue weighted by Gasteiger charge is -2.07. The normalized spacial score (nSPS) is 9.08. The van der Waals surface area contributed by atoms with Gasteiger partial charge in [0.25, 0.3) is 0 Å². The van der Waals surface area contributed by atoms with E-state index >= 15 is 0 Å². The third kappa shape index (κ3) is 6.30. The van der Waals surface area contributed by atoms with E-state index in [0.29, 0.717) is 0 Å². The molecule has 0 bridgehead atoms. The van der Waals surface area contributed by atoms with Gasteiger partial charge in [-0.2, -0.15) is 0 Å². The molecular formula is C21H30N4. The van der Waals surface area contributed by atoms with Crippen molar-refractivity contribution in [2.75, 3.05) is 11.5 Å². The molecule has 0 aromatic heterocycles. The molecule has 0 saturated heterocycles. The number of hydrogen-bond acceptors (Lipinski definition) is 4. The molecule has 3 aromatic carbocycles. The Morgan fingerprint density at radius 1 is 0.560 bits per heavy atom. The van der Waals surface area contributed by atoms with Crippen LogP contribution in [0.3, 0.4) is 0 Å². The fraction of sp³-hybridized carbons (Fsp3) is 0.143. The van der Waals surface area contributed by atoms with E-state index in [4.69, 9.17) is 11.5 Å². The fourth-order valence-corrected chi connectivity index (χ4v) is 2.24. The monoisotopic (exact) mass is 338 g/mol.